The number of cyclic esters (lactones) is 1. The lowest BCUT2D eigenvalue weighted by Gasteiger charge is -2.17. The van der Waals surface area contributed by atoms with Gasteiger partial charge in [-0.25, -0.2) is 27.8 Å². The average molecular weight is 396 g/mol. The Morgan fingerprint density at radius 1 is 1.36 bits per heavy atom. The molecule has 1 aromatic carbocycles. The standard InChI is InChI=1S/C17H15F3N4O4/c18-10-5-9-13(6-11(10)21-1-3-25)27-4-2-23-7-14(22-16(9)23)24-12(15(19)20)8-28-17(24)26/h3,5-7,12,15,21H,1-2,4,8H2. The van der Waals surface area contributed by atoms with Crippen LogP contribution in [0, 0.1) is 5.82 Å². The van der Waals surface area contributed by atoms with Gasteiger partial charge in [-0.15, -0.1) is 0 Å². The van der Waals surface area contributed by atoms with Crippen molar-refractivity contribution in [2.24, 2.45) is 0 Å². The lowest BCUT2D eigenvalue weighted by molar-refractivity contribution is -0.106. The van der Waals surface area contributed by atoms with E-state index in [1.165, 1.54) is 18.3 Å². The maximum absolute atomic E-state index is 14.4. The van der Waals surface area contributed by atoms with Crippen LogP contribution in [0.5, 0.6) is 5.75 Å². The minimum Gasteiger partial charge on any atom is -0.491 e. The van der Waals surface area contributed by atoms with Crippen molar-refractivity contribution in [2.45, 2.75) is 19.0 Å². The summed E-state index contributed by atoms with van der Waals surface area (Å²) >= 11 is 0. The van der Waals surface area contributed by atoms with Gasteiger partial charge < -0.3 is 24.2 Å². The number of alkyl halides is 2. The summed E-state index contributed by atoms with van der Waals surface area (Å²) in [6, 6.07) is 1.15. The maximum Gasteiger partial charge on any atom is 0.416 e. The first kappa shape index (κ1) is 18.1. The Labute approximate surface area is 156 Å². The summed E-state index contributed by atoms with van der Waals surface area (Å²) < 4.78 is 52.8. The van der Waals surface area contributed by atoms with Crippen molar-refractivity contribution in [2.75, 3.05) is 30.0 Å². The number of hydrogen-bond acceptors (Lipinski definition) is 6. The predicted octanol–water partition coefficient (Wildman–Crippen LogP) is 2.28. The molecule has 11 heteroatoms. The molecule has 1 aromatic heterocycles. The fourth-order valence-electron chi connectivity index (χ4n) is 3.18. The zero-order valence-corrected chi connectivity index (χ0v) is 14.4. The summed E-state index contributed by atoms with van der Waals surface area (Å²) in [7, 11) is 0. The molecule has 1 N–H and O–H groups in total. The second kappa shape index (κ2) is 7.06. The van der Waals surface area contributed by atoms with Gasteiger partial charge in [-0.3, -0.25) is 0 Å². The summed E-state index contributed by atoms with van der Waals surface area (Å²) in [5.74, 6) is -0.0383. The number of hydrogen-bond donors (Lipinski definition) is 1. The zero-order valence-electron chi connectivity index (χ0n) is 14.4. The molecule has 4 rings (SSSR count). The molecule has 2 aromatic rings. The van der Waals surface area contributed by atoms with Crippen molar-refractivity contribution in [3.63, 3.8) is 0 Å². The molecule has 148 valence electrons. The molecule has 28 heavy (non-hydrogen) atoms. The highest BCUT2D eigenvalue weighted by molar-refractivity contribution is 5.89. The van der Waals surface area contributed by atoms with E-state index in [0.717, 1.165) is 4.90 Å². The number of carbonyl (C=O) groups excluding carboxylic acids is 2. The van der Waals surface area contributed by atoms with Crippen LogP contribution in [0.4, 0.5) is 29.5 Å². The van der Waals surface area contributed by atoms with E-state index in [-0.39, 0.29) is 30.5 Å². The topological polar surface area (TPSA) is 85.7 Å². The molecule has 8 nitrogen and oxygen atoms in total. The first-order valence-corrected chi connectivity index (χ1v) is 8.45. The predicted molar refractivity (Wildman–Crippen MR) is 91.3 cm³/mol. The SMILES string of the molecule is O=CCNc1cc2c(cc1F)-c1nc(N3C(=O)OCC3C(F)F)cn1CCO2. The van der Waals surface area contributed by atoms with E-state index in [9.17, 15) is 22.8 Å². The monoisotopic (exact) mass is 396 g/mol. The number of rotatable bonds is 5. The Kier molecular flexibility index (Phi) is 4.57. The molecule has 0 radical (unpaired) electrons. The van der Waals surface area contributed by atoms with Crippen molar-refractivity contribution < 1.29 is 32.2 Å². The second-order valence-corrected chi connectivity index (χ2v) is 6.19. The number of benzene rings is 1. The van der Waals surface area contributed by atoms with E-state index in [1.54, 1.807) is 4.57 Å². The van der Waals surface area contributed by atoms with Crippen LogP contribution in [0.2, 0.25) is 0 Å². The van der Waals surface area contributed by atoms with Gasteiger partial charge in [0.15, 0.2) is 5.82 Å². The molecule has 0 bridgehead atoms. The lowest BCUT2D eigenvalue weighted by atomic mass is 10.1. The third-order valence-electron chi connectivity index (χ3n) is 4.48. The minimum absolute atomic E-state index is 0.000727. The molecule has 1 saturated heterocycles. The molecular weight excluding hydrogens is 381 g/mol. The minimum atomic E-state index is -2.80. The van der Waals surface area contributed by atoms with Crippen molar-refractivity contribution in [3.8, 4) is 17.1 Å². The smallest absolute Gasteiger partial charge is 0.416 e. The van der Waals surface area contributed by atoms with Crippen LogP contribution < -0.4 is 15.0 Å². The first-order valence-electron chi connectivity index (χ1n) is 8.45. The van der Waals surface area contributed by atoms with E-state index in [4.69, 9.17) is 9.47 Å². The number of nitrogens with zero attached hydrogens (tertiary/aromatic N) is 3. The Morgan fingerprint density at radius 3 is 2.93 bits per heavy atom. The molecule has 3 heterocycles. The molecule has 1 fully saturated rings. The van der Waals surface area contributed by atoms with Crippen LogP contribution in [0.3, 0.4) is 0 Å². The number of aldehydes is 1. The molecule has 0 aliphatic carbocycles. The normalized spacial score (nSPS) is 18.2. The van der Waals surface area contributed by atoms with Crippen LogP contribution >= 0.6 is 0 Å². The molecule has 2 aliphatic heterocycles. The van der Waals surface area contributed by atoms with Gasteiger partial charge in [-0.2, -0.15) is 0 Å². The number of carbonyl (C=O) groups is 2. The molecule has 1 unspecified atom stereocenters. The first-order chi connectivity index (χ1) is 13.5. The Morgan fingerprint density at radius 2 is 2.18 bits per heavy atom. The third-order valence-corrected chi connectivity index (χ3v) is 4.48. The van der Waals surface area contributed by atoms with Gasteiger partial charge in [-0.05, 0) is 6.07 Å². The summed E-state index contributed by atoms with van der Waals surface area (Å²) in [5.41, 5.74) is 0.394. The zero-order chi connectivity index (χ0) is 19.8. The number of imidazole rings is 1. The number of ether oxygens (including phenoxy) is 2. The highest BCUT2D eigenvalue weighted by Gasteiger charge is 2.42. The van der Waals surface area contributed by atoms with Crippen molar-refractivity contribution >= 4 is 23.9 Å². The Bertz CT molecular complexity index is 933. The fourth-order valence-corrected chi connectivity index (χ4v) is 3.18. The van der Waals surface area contributed by atoms with Crippen LogP contribution in [-0.2, 0) is 16.1 Å². The largest absolute Gasteiger partial charge is 0.491 e. The average Bonchev–Trinajstić information content (AvgIpc) is 3.21. The van der Waals surface area contributed by atoms with Crippen LogP contribution in [0.1, 0.15) is 0 Å². The van der Waals surface area contributed by atoms with Gasteiger partial charge in [0.1, 0.15) is 42.9 Å². The summed E-state index contributed by atoms with van der Waals surface area (Å²) in [6.07, 6.45) is -1.67. The van der Waals surface area contributed by atoms with Gasteiger partial charge in [0.2, 0.25) is 0 Å². The van der Waals surface area contributed by atoms with Crippen LogP contribution in [0.25, 0.3) is 11.4 Å². The van der Waals surface area contributed by atoms with E-state index in [2.05, 4.69) is 10.3 Å². The van der Waals surface area contributed by atoms with Gasteiger partial charge in [0.25, 0.3) is 6.43 Å². The van der Waals surface area contributed by atoms with Crippen LogP contribution in [0.15, 0.2) is 18.3 Å². The summed E-state index contributed by atoms with van der Waals surface area (Å²) in [6.45, 7) is 0.0363. The molecule has 2 aliphatic rings. The van der Waals surface area contributed by atoms with Crippen molar-refractivity contribution in [1.82, 2.24) is 9.55 Å². The summed E-state index contributed by atoms with van der Waals surface area (Å²) in [5, 5.41) is 2.63. The molecule has 1 atom stereocenters. The third kappa shape index (κ3) is 3.02. The van der Waals surface area contributed by atoms with Gasteiger partial charge >= 0.3 is 6.09 Å². The Balaban J connectivity index is 1.75. The highest BCUT2D eigenvalue weighted by atomic mass is 19.3. The van der Waals surface area contributed by atoms with Crippen molar-refractivity contribution in [3.05, 3.63) is 24.1 Å². The van der Waals surface area contributed by atoms with E-state index >= 15 is 0 Å². The van der Waals surface area contributed by atoms with Gasteiger partial charge in [0, 0.05) is 12.3 Å². The van der Waals surface area contributed by atoms with Gasteiger partial charge in [-0.1, -0.05) is 0 Å². The summed E-state index contributed by atoms with van der Waals surface area (Å²) in [4.78, 5) is 27.5. The molecule has 0 saturated carbocycles. The lowest BCUT2D eigenvalue weighted by Crippen LogP contribution is -2.38. The highest BCUT2D eigenvalue weighted by Crippen LogP contribution is 2.38. The van der Waals surface area contributed by atoms with Gasteiger partial charge in [0.05, 0.1) is 24.3 Å². The molecular formula is C17H15F3N4O4. The Hall–Kier alpha value is -3.24. The number of fused-ring (bicyclic) bond motifs is 3. The number of halogens is 3. The van der Waals surface area contributed by atoms with E-state index in [1.807, 2.05) is 0 Å². The number of aromatic nitrogens is 2. The molecule has 1 amide bonds. The maximum atomic E-state index is 14.4. The quantitative estimate of drug-likeness (QED) is 0.781. The van der Waals surface area contributed by atoms with E-state index < -0.39 is 31.0 Å². The fraction of sp³-hybridized carbons (Fsp3) is 0.353. The number of nitrogens with one attached hydrogen (secondary N) is 1. The van der Waals surface area contributed by atoms with Crippen molar-refractivity contribution in [1.29, 1.82) is 0 Å². The van der Waals surface area contributed by atoms with E-state index in [0.29, 0.717) is 24.1 Å². The number of anilines is 2. The second-order valence-electron chi connectivity index (χ2n) is 6.19. The van der Waals surface area contributed by atoms with Crippen LogP contribution in [-0.4, -0.2) is 54.2 Å². The number of amides is 1. The molecule has 0 spiro atoms.